The fraction of sp³-hybridized carbons (Fsp3) is 1.00. The summed E-state index contributed by atoms with van der Waals surface area (Å²) in [7, 11) is -13.2. The zero-order valence-electron chi connectivity index (χ0n) is 14.0. The first-order chi connectivity index (χ1) is 11.6. The standard InChI is InChI=1S/C10H21N.C2HF6NO4S2/c1-2-3-4-5-8-11-9-6-7-10-11;3-1(4,5)14(10,11)9-15(12,13)2(6,7)8/h2-10H2,1H3;9H. The van der Waals surface area contributed by atoms with Crippen molar-refractivity contribution in [3.8, 4) is 0 Å². The van der Waals surface area contributed by atoms with Gasteiger partial charge >= 0.3 is 31.1 Å². The molecule has 0 amide bonds. The molecule has 0 bridgehead atoms. The molecule has 0 atom stereocenters. The highest BCUT2D eigenvalue weighted by Gasteiger charge is 2.55. The van der Waals surface area contributed by atoms with Gasteiger partial charge in [0.1, 0.15) is 0 Å². The first-order valence-electron chi connectivity index (χ1n) is 7.77. The molecular formula is C12H22F6N2O4S2. The van der Waals surface area contributed by atoms with Gasteiger partial charge < -0.3 is 4.90 Å². The van der Waals surface area contributed by atoms with Crippen molar-refractivity contribution in [2.45, 2.75) is 56.5 Å². The summed E-state index contributed by atoms with van der Waals surface area (Å²) >= 11 is 0. The lowest BCUT2D eigenvalue weighted by Crippen LogP contribution is -2.45. The Morgan fingerprint density at radius 2 is 1.23 bits per heavy atom. The molecule has 6 nitrogen and oxygen atoms in total. The van der Waals surface area contributed by atoms with Crippen LogP contribution in [0.5, 0.6) is 0 Å². The average molecular weight is 436 g/mol. The highest BCUT2D eigenvalue weighted by Crippen LogP contribution is 2.27. The molecule has 1 aliphatic rings. The molecule has 0 aromatic heterocycles. The summed E-state index contributed by atoms with van der Waals surface area (Å²) in [6, 6.07) is 0. The predicted molar refractivity (Wildman–Crippen MR) is 82.9 cm³/mol. The highest BCUT2D eigenvalue weighted by atomic mass is 32.3. The third-order valence-electron chi connectivity index (χ3n) is 3.36. The van der Waals surface area contributed by atoms with Crippen LogP contribution in [-0.4, -0.2) is 52.4 Å². The minimum atomic E-state index is -6.60. The fourth-order valence-corrected chi connectivity index (χ4v) is 3.92. The van der Waals surface area contributed by atoms with Crippen LogP contribution < -0.4 is 4.13 Å². The van der Waals surface area contributed by atoms with Gasteiger partial charge in [0.2, 0.25) is 0 Å². The molecule has 0 aromatic rings. The third-order valence-corrected chi connectivity index (χ3v) is 6.33. The highest BCUT2D eigenvalue weighted by molar-refractivity contribution is 8.05. The molecule has 1 N–H and O–H groups in total. The molecule has 0 saturated carbocycles. The van der Waals surface area contributed by atoms with E-state index < -0.39 is 35.2 Å². The van der Waals surface area contributed by atoms with Crippen molar-refractivity contribution in [3.05, 3.63) is 0 Å². The van der Waals surface area contributed by atoms with E-state index in [1.807, 2.05) is 0 Å². The van der Waals surface area contributed by atoms with Gasteiger partial charge in [0.05, 0.1) is 0 Å². The van der Waals surface area contributed by atoms with E-state index in [0.717, 1.165) is 0 Å². The maximum atomic E-state index is 11.5. The van der Waals surface area contributed by atoms with Gasteiger partial charge in [0, 0.05) is 0 Å². The average Bonchev–Trinajstić information content (AvgIpc) is 2.94. The maximum Gasteiger partial charge on any atom is 0.512 e. The van der Waals surface area contributed by atoms with Gasteiger partial charge in [0.15, 0.2) is 0 Å². The normalized spacial score (nSPS) is 17.0. The molecule has 0 spiro atoms. The predicted octanol–water partition coefficient (Wildman–Crippen LogP) is 2.94. The Balaban J connectivity index is 0.000000502. The molecule has 1 saturated heterocycles. The van der Waals surface area contributed by atoms with Crippen molar-refractivity contribution >= 4 is 20.0 Å². The second-order valence-corrected chi connectivity index (χ2v) is 9.20. The van der Waals surface area contributed by atoms with E-state index in [2.05, 4.69) is 11.8 Å². The number of unbranched alkanes of at least 4 members (excludes halogenated alkanes) is 3. The number of alkyl halides is 6. The van der Waals surface area contributed by atoms with Gasteiger partial charge in [-0.25, -0.2) is 16.8 Å². The number of nitrogens with one attached hydrogen (secondary N) is 1. The maximum absolute atomic E-state index is 11.5. The Labute approximate surface area is 149 Å². The molecule has 0 aliphatic carbocycles. The molecule has 0 radical (unpaired) electrons. The topological polar surface area (TPSA) is 83.6 Å². The van der Waals surface area contributed by atoms with Gasteiger partial charge in [-0.15, -0.1) is 0 Å². The van der Waals surface area contributed by atoms with Gasteiger partial charge in [0.25, 0.3) is 0 Å². The monoisotopic (exact) mass is 436 g/mol. The molecule has 0 unspecified atom stereocenters. The van der Waals surface area contributed by atoms with Crippen molar-refractivity contribution in [2.75, 3.05) is 19.6 Å². The zero-order valence-corrected chi connectivity index (χ0v) is 15.7. The number of halogens is 6. The van der Waals surface area contributed by atoms with E-state index in [9.17, 15) is 43.2 Å². The molecule has 158 valence electrons. The second kappa shape index (κ2) is 10.1. The lowest BCUT2D eigenvalue weighted by atomic mass is 10.2. The van der Waals surface area contributed by atoms with E-state index in [1.54, 1.807) is 0 Å². The Morgan fingerprint density at radius 3 is 1.58 bits per heavy atom. The lowest BCUT2D eigenvalue weighted by molar-refractivity contribution is -0.0476. The van der Waals surface area contributed by atoms with Crippen molar-refractivity contribution < 1.29 is 43.2 Å². The van der Waals surface area contributed by atoms with E-state index in [1.165, 1.54) is 58.2 Å². The Morgan fingerprint density at radius 1 is 0.808 bits per heavy atom. The summed E-state index contributed by atoms with van der Waals surface area (Å²) in [5, 5.41) is 0. The van der Waals surface area contributed by atoms with E-state index in [4.69, 9.17) is 0 Å². The number of hydrogen-bond donors (Lipinski definition) is 1. The van der Waals surface area contributed by atoms with Crippen molar-refractivity contribution in [3.63, 3.8) is 0 Å². The first-order valence-corrected chi connectivity index (χ1v) is 10.7. The smallest absolute Gasteiger partial charge is 0.303 e. The number of rotatable bonds is 7. The summed E-state index contributed by atoms with van der Waals surface area (Å²) in [5.41, 5.74) is -12.3. The number of nitrogens with zero attached hydrogens (tertiary/aromatic N) is 1. The molecule has 1 aliphatic heterocycles. The Hall–Kier alpha value is -0.600. The minimum Gasteiger partial charge on any atom is -0.303 e. The van der Waals surface area contributed by atoms with E-state index in [-0.39, 0.29) is 0 Å². The molecule has 1 rings (SSSR count). The lowest BCUT2D eigenvalue weighted by Gasteiger charge is -2.13. The van der Waals surface area contributed by atoms with Gasteiger partial charge in [-0.3, -0.25) is 0 Å². The second-order valence-electron chi connectivity index (χ2n) is 5.59. The summed E-state index contributed by atoms with van der Waals surface area (Å²) in [5.74, 6) is 0. The summed E-state index contributed by atoms with van der Waals surface area (Å²) < 4.78 is 108. The van der Waals surface area contributed by atoms with Gasteiger partial charge in [-0.2, -0.15) is 26.3 Å². The Bertz CT molecular complexity index is 569. The fourth-order valence-electron chi connectivity index (χ4n) is 2.01. The van der Waals surface area contributed by atoms with Crippen LogP contribution >= 0.6 is 0 Å². The zero-order chi connectivity index (χ0) is 20.6. The van der Waals surface area contributed by atoms with Crippen LogP contribution in [0.4, 0.5) is 26.3 Å². The van der Waals surface area contributed by atoms with E-state index >= 15 is 0 Å². The quantitative estimate of drug-likeness (QED) is 0.490. The van der Waals surface area contributed by atoms with E-state index in [0.29, 0.717) is 0 Å². The molecule has 14 heteroatoms. The van der Waals surface area contributed by atoms with Crippen molar-refractivity contribution in [2.24, 2.45) is 0 Å². The van der Waals surface area contributed by atoms with Crippen LogP contribution in [0.15, 0.2) is 0 Å². The summed E-state index contributed by atoms with van der Waals surface area (Å²) in [6.45, 7) is 6.37. The number of sulfonamides is 2. The molecule has 1 heterocycles. The summed E-state index contributed by atoms with van der Waals surface area (Å²) in [6.07, 6.45) is 8.52. The van der Waals surface area contributed by atoms with Crippen LogP contribution in [0, 0.1) is 0 Å². The summed E-state index contributed by atoms with van der Waals surface area (Å²) in [4.78, 5) is 2.61. The van der Waals surface area contributed by atoms with Crippen LogP contribution in [0.3, 0.4) is 0 Å². The van der Waals surface area contributed by atoms with Crippen molar-refractivity contribution in [1.29, 1.82) is 0 Å². The molecular weight excluding hydrogens is 414 g/mol. The van der Waals surface area contributed by atoms with Crippen LogP contribution in [-0.2, 0) is 20.0 Å². The minimum absolute atomic E-state index is 0.493. The SMILES string of the molecule is CCCCCCN1CCCC1.O=S(=O)(NS(=O)(=O)C(F)(F)F)C(F)(F)F. The van der Waals surface area contributed by atoms with Gasteiger partial charge in [-0.1, -0.05) is 30.3 Å². The Kier molecular flexibility index (Phi) is 9.85. The van der Waals surface area contributed by atoms with Gasteiger partial charge in [-0.05, 0) is 38.9 Å². The van der Waals surface area contributed by atoms with Crippen molar-refractivity contribution in [1.82, 2.24) is 9.03 Å². The number of likely N-dealkylation sites (tertiary alicyclic amines) is 1. The molecule has 26 heavy (non-hydrogen) atoms. The molecule has 0 aromatic carbocycles. The first kappa shape index (κ1) is 25.4. The van der Waals surface area contributed by atoms with Crippen LogP contribution in [0.2, 0.25) is 0 Å². The third kappa shape index (κ3) is 8.86. The molecule has 1 fully saturated rings. The number of hydrogen-bond acceptors (Lipinski definition) is 5. The van der Waals surface area contributed by atoms with Crippen LogP contribution in [0.25, 0.3) is 0 Å². The van der Waals surface area contributed by atoms with Crippen LogP contribution in [0.1, 0.15) is 45.4 Å². The largest absolute Gasteiger partial charge is 0.512 e.